The van der Waals surface area contributed by atoms with Crippen molar-refractivity contribution in [2.45, 2.75) is 6.18 Å². The third kappa shape index (κ3) is 3.32. The maximum atomic E-state index is 12.4. The summed E-state index contributed by atoms with van der Waals surface area (Å²) in [5.41, 5.74) is 1.54. The van der Waals surface area contributed by atoms with Gasteiger partial charge in [-0.2, -0.15) is 13.2 Å². The normalized spacial score (nSPS) is 11.1. The molecular weight excluding hydrogens is 307 g/mol. The molecule has 0 aliphatic carbocycles. The number of halogens is 4. The van der Waals surface area contributed by atoms with Gasteiger partial charge in [0.1, 0.15) is 0 Å². The molecule has 0 amide bonds. The van der Waals surface area contributed by atoms with Gasteiger partial charge in [-0.05, 0) is 46.3 Å². The second-order valence-electron chi connectivity index (χ2n) is 2.79. The molecule has 0 saturated heterocycles. The first-order valence-corrected chi connectivity index (χ1v) is 5.19. The van der Waals surface area contributed by atoms with E-state index in [1.807, 2.05) is 0 Å². The molecule has 0 aliphatic rings. The second kappa shape index (κ2) is 4.98. The predicted molar refractivity (Wildman–Crippen MR) is 62.7 cm³/mol. The Morgan fingerprint density at radius 3 is 2.50 bits per heavy atom. The fourth-order valence-corrected chi connectivity index (χ4v) is 1.41. The molecule has 3 nitrogen and oxygen atoms in total. The lowest BCUT2D eigenvalue weighted by atomic mass is 10.2. The Hall–Kier alpha value is -0.860. The first-order chi connectivity index (χ1) is 7.34. The Kier molecular flexibility index (Phi) is 4.11. The molecule has 0 aromatic heterocycles. The SMILES string of the molecule is NNC(=S)Nc1cc(C(F)(F)F)ccc1Br. The van der Waals surface area contributed by atoms with Crippen LogP contribution in [0.5, 0.6) is 0 Å². The number of hydrogen-bond acceptors (Lipinski definition) is 2. The van der Waals surface area contributed by atoms with Gasteiger partial charge in [0.2, 0.25) is 0 Å². The second-order valence-corrected chi connectivity index (χ2v) is 4.05. The molecule has 0 atom stereocenters. The molecule has 16 heavy (non-hydrogen) atoms. The van der Waals surface area contributed by atoms with Crippen molar-refractivity contribution in [1.29, 1.82) is 0 Å². The zero-order valence-corrected chi connectivity index (χ0v) is 10.1. The maximum Gasteiger partial charge on any atom is 0.416 e. The Morgan fingerprint density at radius 2 is 2.00 bits per heavy atom. The Bertz CT molecular complexity index is 408. The minimum Gasteiger partial charge on any atom is -0.331 e. The van der Waals surface area contributed by atoms with Gasteiger partial charge in [-0.1, -0.05) is 0 Å². The molecule has 1 rings (SSSR count). The molecule has 0 saturated carbocycles. The van der Waals surface area contributed by atoms with E-state index < -0.39 is 11.7 Å². The van der Waals surface area contributed by atoms with Gasteiger partial charge in [0.25, 0.3) is 0 Å². The summed E-state index contributed by atoms with van der Waals surface area (Å²) in [6, 6.07) is 3.19. The highest BCUT2D eigenvalue weighted by atomic mass is 79.9. The fourth-order valence-electron chi connectivity index (χ4n) is 0.956. The van der Waals surface area contributed by atoms with E-state index in [2.05, 4.69) is 38.9 Å². The third-order valence-electron chi connectivity index (χ3n) is 1.67. The molecule has 0 radical (unpaired) electrons. The maximum absolute atomic E-state index is 12.4. The summed E-state index contributed by atoms with van der Waals surface area (Å²) in [5, 5.41) is 2.55. The van der Waals surface area contributed by atoms with Crippen molar-refractivity contribution in [3.63, 3.8) is 0 Å². The van der Waals surface area contributed by atoms with Crippen molar-refractivity contribution < 1.29 is 13.2 Å². The van der Waals surface area contributed by atoms with Crippen molar-refractivity contribution in [3.05, 3.63) is 28.2 Å². The van der Waals surface area contributed by atoms with Crippen LogP contribution in [-0.2, 0) is 6.18 Å². The first kappa shape index (κ1) is 13.2. The van der Waals surface area contributed by atoms with Crippen LogP contribution in [0.1, 0.15) is 5.56 Å². The van der Waals surface area contributed by atoms with Crippen LogP contribution < -0.4 is 16.6 Å². The van der Waals surface area contributed by atoms with E-state index in [0.717, 1.165) is 12.1 Å². The smallest absolute Gasteiger partial charge is 0.331 e. The lowest BCUT2D eigenvalue weighted by Crippen LogP contribution is -2.34. The van der Waals surface area contributed by atoms with Crippen LogP contribution in [0.3, 0.4) is 0 Å². The van der Waals surface area contributed by atoms with Gasteiger partial charge in [-0.3, -0.25) is 0 Å². The van der Waals surface area contributed by atoms with Gasteiger partial charge in [0, 0.05) is 4.47 Å². The monoisotopic (exact) mass is 313 g/mol. The van der Waals surface area contributed by atoms with Crippen LogP contribution in [0.25, 0.3) is 0 Å². The zero-order valence-electron chi connectivity index (χ0n) is 7.73. The number of anilines is 1. The highest BCUT2D eigenvalue weighted by Crippen LogP contribution is 2.33. The number of nitrogens with two attached hydrogens (primary N) is 1. The summed E-state index contributed by atoms with van der Waals surface area (Å²) in [6.45, 7) is 0. The molecule has 8 heteroatoms. The number of benzene rings is 1. The van der Waals surface area contributed by atoms with Gasteiger partial charge in [-0.15, -0.1) is 0 Å². The zero-order chi connectivity index (χ0) is 12.3. The van der Waals surface area contributed by atoms with Crippen molar-refractivity contribution in [2.24, 2.45) is 5.84 Å². The van der Waals surface area contributed by atoms with Crippen LogP contribution in [0.4, 0.5) is 18.9 Å². The highest BCUT2D eigenvalue weighted by molar-refractivity contribution is 9.10. The van der Waals surface area contributed by atoms with Crippen LogP contribution in [0.2, 0.25) is 0 Å². The summed E-state index contributed by atoms with van der Waals surface area (Å²) in [7, 11) is 0. The molecule has 0 bridgehead atoms. The van der Waals surface area contributed by atoms with Crippen LogP contribution >= 0.6 is 28.1 Å². The minimum absolute atomic E-state index is 0.0278. The lowest BCUT2D eigenvalue weighted by molar-refractivity contribution is -0.137. The predicted octanol–water partition coefficient (Wildman–Crippen LogP) is 2.63. The summed E-state index contributed by atoms with van der Waals surface area (Å²) < 4.78 is 37.7. The summed E-state index contributed by atoms with van der Waals surface area (Å²) in [6.07, 6.45) is -4.39. The van der Waals surface area contributed by atoms with E-state index in [1.165, 1.54) is 6.07 Å². The lowest BCUT2D eigenvalue weighted by Gasteiger charge is -2.12. The molecule has 88 valence electrons. The number of hydrogen-bond donors (Lipinski definition) is 3. The van der Waals surface area contributed by atoms with E-state index in [4.69, 9.17) is 5.84 Å². The molecule has 0 fully saturated rings. The van der Waals surface area contributed by atoms with Gasteiger partial charge in [-0.25, -0.2) is 5.84 Å². The Morgan fingerprint density at radius 1 is 1.38 bits per heavy atom. The first-order valence-electron chi connectivity index (χ1n) is 3.99. The van der Waals surface area contributed by atoms with Crippen molar-refractivity contribution in [1.82, 2.24) is 5.43 Å². The van der Waals surface area contributed by atoms with Crippen molar-refractivity contribution >= 4 is 38.9 Å². The number of alkyl halides is 3. The molecule has 1 aromatic carbocycles. The van der Waals surface area contributed by atoms with Crippen LogP contribution in [0.15, 0.2) is 22.7 Å². The number of nitrogens with one attached hydrogen (secondary N) is 2. The minimum atomic E-state index is -4.39. The topological polar surface area (TPSA) is 50.1 Å². The van der Waals surface area contributed by atoms with E-state index in [9.17, 15) is 13.2 Å². The van der Waals surface area contributed by atoms with Gasteiger partial charge in [0.15, 0.2) is 5.11 Å². The van der Waals surface area contributed by atoms with Gasteiger partial charge in [0.05, 0.1) is 11.3 Å². The van der Waals surface area contributed by atoms with Crippen molar-refractivity contribution in [2.75, 3.05) is 5.32 Å². The van der Waals surface area contributed by atoms with Gasteiger partial charge >= 0.3 is 6.18 Å². The molecule has 0 spiro atoms. The standard InChI is InChI=1S/C8H7BrF3N3S/c9-5-2-1-4(8(10,11)12)3-6(5)14-7(16)15-13/h1-3H,13H2,(H2,14,15,16). The van der Waals surface area contributed by atoms with Crippen LogP contribution in [-0.4, -0.2) is 5.11 Å². The largest absolute Gasteiger partial charge is 0.416 e. The molecule has 1 aromatic rings. The quantitative estimate of drug-likeness (QED) is 0.424. The number of thiocarbonyl (C=S) groups is 1. The van der Waals surface area contributed by atoms with E-state index in [-0.39, 0.29) is 10.8 Å². The number of hydrazine groups is 1. The number of rotatable bonds is 1. The fraction of sp³-hybridized carbons (Fsp3) is 0.125. The molecule has 0 heterocycles. The van der Waals surface area contributed by atoms with Gasteiger partial charge < -0.3 is 10.7 Å². The average molecular weight is 314 g/mol. The molecule has 0 unspecified atom stereocenters. The van der Waals surface area contributed by atoms with E-state index in [1.54, 1.807) is 0 Å². The van der Waals surface area contributed by atoms with E-state index in [0.29, 0.717) is 4.47 Å². The Balaban J connectivity index is 3.04. The average Bonchev–Trinajstić information content (AvgIpc) is 2.19. The third-order valence-corrected chi connectivity index (χ3v) is 2.58. The molecular formula is C8H7BrF3N3S. The molecule has 4 N–H and O–H groups in total. The summed E-state index contributed by atoms with van der Waals surface area (Å²) in [4.78, 5) is 0. The Labute approximate surface area is 103 Å². The summed E-state index contributed by atoms with van der Waals surface area (Å²) >= 11 is 7.78. The molecule has 0 aliphatic heterocycles. The highest BCUT2D eigenvalue weighted by Gasteiger charge is 2.30. The van der Waals surface area contributed by atoms with E-state index >= 15 is 0 Å². The van der Waals surface area contributed by atoms with Crippen LogP contribution in [0, 0.1) is 0 Å². The van der Waals surface area contributed by atoms with Crippen molar-refractivity contribution in [3.8, 4) is 0 Å². The summed E-state index contributed by atoms with van der Waals surface area (Å²) in [5.74, 6) is 5.00.